The zero-order valence-electron chi connectivity index (χ0n) is 22.9. The molecule has 0 saturated heterocycles. The fraction of sp³-hybridized carbons (Fsp3) is 0.129. The summed E-state index contributed by atoms with van der Waals surface area (Å²) in [6.07, 6.45) is 0. The number of amides is 1. The van der Waals surface area contributed by atoms with Crippen LogP contribution in [0.2, 0.25) is 0 Å². The molecule has 0 bridgehead atoms. The highest BCUT2D eigenvalue weighted by atomic mass is 32.2. The number of fused-ring (bicyclic) bond motifs is 1. The summed E-state index contributed by atoms with van der Waals surface area (Å²) < 4.78 is 14.1. The number of nitrogens with zero attached hydrogens (tertiary/aromatic N) is 2. The van der Waals surface area contributed by atoms with Gasteiger partial charge in [0.15, 0.2) is 11.6 Å². The van der Waals surface area contributed by atoms with Crippen molar-refractivity contribution >= 4 is 57.6 Å². The van der Waals surface area contributed by atoms with Gasteiger partial charge in [0.1, 0.15) is 11.5 Å². The molecule has 0 saturated carbocycles. The maximum Gasteiger partial charge on any atom is 0.243 e. The molecule has 10 heteroatoms. The van der Waals surface area contributed by atoms with Crippen molar-refractivity contribution in [1.29, 1.82) is 0 Å². The lowest BCUT2D eigenvalue weighted by atomic mass is 10.2. The molecule has 208 valence electrons. The summed E-state index contributed by atoms with van der Waals surface area (Å²) in [5.74, 6) is 2.25. The zero-order chi connectivity index (χ0) is 28.6. The highest BCUT2D eigenvalue weighted by Gasteiger charge is 2.12. The van der Waals surface area contributed by atoms with Gasteiger partial charge in [0.25, 0.3) is 0 Å². The molecule has 0 unspecified atom stereocenters. The smallest absolute Gasteiger partial charge is 0.243 e. The normalized spacial score (nSPS) is 10.6. The van der Waals surface area contributed by atoms with Gasteiger partial charge in [0, 0.05) is 40.2 Å². The molecule has 0 spiro atoms. The number of carbonyl (C=O) groups is 1. The van der Waals surface area contributed by atoms with E-state index in [1.807, 2.05) is 91.9 Å². The van der Waals surface area contributed by atoms with Crippen LogP contribution in [-0.2, 0) is 4.79 Å². The summed E-state index contributed by atoms with van der Waals surface area (Å²) in [5, 5.41) is 9.43. The Hall–Kier alpha value is -4.96. The second-order valence-electron chi connectivity index (χ2n) is 9.14. The predicted molar refractivity (Wildman–Crippen MR) is 167 cm³/mol. The second kappa shape index (κ2) is 12.9. The molecule has 0 aliphatic rings. The molecule has 0 fully saturated rings. The van der Waals surface area contributed by atoms with Gasteiger partial charge in [-0.25, -0.2) is 9.97 Å². The molecule has 0 atom stereocenters. The number of hydrogen-bond acceptors (Lipinski definition) is 9. The lowest BCUT2D eigenvalue weighted by Crippen LogP contribution is -2.21. The minimum absolute atomic E-state index is 0.138. The largest absolute Gasteiger partial charge is 0.497 e. The molecule has 5 aromatic rings. The minimum Gasteiger partial charge on any atom is -0.497 e. The number of carbonyl (C=O) groups excluding carboxylic acids is 1. The third kappa shape index (κ3) is 7.37. The van der Waals surface area contributed by atoms with Gasteiger partial charge in [-0.1, -0.05) is 35.9 Å². The van der Waals surface area contributed by atoms with Crippen LogP contribution in [0.5, 0.6) is 11.5 Å². The Morgan fingerprint density at radius 1 is 0.756 bits per heavy atom. The SMILES string of the molecule is COc1cc(Nc2nc3ccccc3nc2NSc2cccc(NC(=O)CNc3ccc(C)cc3)c2)cc(OC)c1. The third-order valence-corrected chi connectivity index (χ3v) is 6.86. The Kier molecular flexibility index (Phi) is 8.70. The standard InChI is InChI=1S/C31H30N6O3S/c1-20-11-13-21(14-12-20)32-19-29(38)33-22-7-6-8-26(17-22)41-37-31-30(35-27-9-4-5-10-28(27)36-31)34-23-15-24(39-2)18-25(16-23)40-3/h4-18,32H,19H2,1-3H3,(H,33,38)(H,34,35)(H,36,37). The van der Waals surface area contributed by atoms with Gasteiger partial charge in [0.05, 0.1) is 31.8 Å². The van der Waals surface area contributed by atoms with E-state index in [1.165, 1.54) is 17.5 Å². The van der Waals surface area contributed by atoms with Crippen molar-refractivity contribution in [2.75, 3.05) is 41.4 Å². The molecule has 0 aliphatic heterocycles. The van der Waals surface area contributed by atoms with E-state index >= 15 is 0 Å². The highest BCUT2D eigenvalue weighted by Crippen LogP contribution is 2.32. The first-order valence-corrected chi connectivity index (χ1v) is 13.7. The van der Waals surface area contributed by atoms with Crippen LogP contribution in [0.25, 0.3) is 11.0 Å². The first-order valence-electron chi connectivity index (χ1n) is 12.9. The van der Waals surface area contributed by atoms with E-state index in [-0.39, 0.29) is 12.5 Å². The van der Waals surface area contributed by atoms with Crippen LogP contribution < -0.4 is 30.1 Å². The average Bonchev–Trinajstić information content (AvgIpc) is 2.99. The van der Waals surface area contributed by atoms with Crippen LogP contribution in [0.4, 0.5) is 28.7 Å². The zero-order valence-corrected chi connectivity index (χ0v) is 23.7. The molecule has 9 nitrogen and oxygen atoms in total. The fourth-order valence-corrected chi connectivity index (χ4v) is 4.67. The first kappa shape index (κ1) is 27.6. The Morgan fingerprint density at radius 3 is 2.12 bits per heavy atom. The van der Waals surface area contributed by atoms with E-state index in [9.17, 15) is 4.79 Å². The van der Waals surface area contributed by atoms with E-state index in [4.69, 9.17) is 19.4 Å². The molecular weight excluding hydrogens is 536 g/mol. The van der Waals surface area contributed by atoms with Crippen LogP contribution in [0.1, 0.15) is 5.56 Å². The van der Waals surface area contributed by atoms with Gasteiger partial charge < -0.3 is 30.1 Å². The number of rotatable bonds is 11. The van der Waals surface area contributed by atoms with Crippen LogP contribution >= 0.6 is 11.9 Å². The van der Waals surface area contributed by atoms with Crippen LogP contribution in [0.3, 0.4) is 0 Å². The average molecular weight is 567 g/mol. The lowest BCUT2D eigenvalue weighted by molar-refractivity contribution is -0.114. The van der Waals surface area contributed by atoms with Crippen molar-refractivity contribution in [2.45, 2.75) is 11.8 Å². The number of ether oxygens (including phenoxy) is 2. The van der Waals surface area contributed by atoms with Gasteiger partial charge in [-0.2, -0.15) is 0 Å². The van der Waals surface area contributed by atoms with Crippen molar-refractivity contribution in [1.82, 2.24) is 9.97 Å². The molecule has 0 aliphatic carbocycles. The van der Waals surface area contributed by atoms with Gasteiger partial charge >= 0.3 is 0 Å². The Labute approximate surface area is 242 Å². The van der Waals surface area contributed by atoms with E-state index in [0.29, 0.717) is 28.8 Å². The molecule has 0 radical (unpaired) electrons. The number of hydrogen-bond donors (Lipinski definition) is 4. The summed E-state index contributed by atoms with van der Waals surface area (Å²) in [4.78, 5) is 23.0. The molecule has 1 heterocycles. The van der Waals surface area contributed by atoms with Gasteiger partial charge in [-0.15, -0.1) is 0 Å². The number of para-hydroxylation sites is 2. The predicted octanol–water partition coefficient (Wildman–Crippen LogP) is 6.87. The second-order valence-corrected chi connectivity index (χ2v) is 10.0. The van der Waals surface area contributed by atoms with Crippen LogP contribution in [0.15, 0.2) is 95.9 Å². The first-order chi connectivity index (χ1) is 20.0. The Bertz CT molecular complexity index is 1640. The van der Waals surface area contributed by atoms with E-state index in [1.54, 1.807) is 20.3 Å². The number of benzene rings is 4. The van der Waals surface area contributed by atoms with Gasteiger partial charge in [0.2, 0.25) is 5.91 Å². The lowest BCUT2D eigenvalue weighted by Gasteiger charge is -2.15. The van der Waals surface area contributed by atoms with E-state index in [0.717, 1.165) is 27.3 Å². The Balaban J connectivity index is 1.30. The highest BCUT2D eigenvalue weighted by molar-refractivity contribution is 8.00. The minimum atomic E-state index is -0.138. The molecule has 1 aromatic heterocycles. The summed E-state index contributed by atoms with van der Waals surface area (Å²) in [6, 6.07) is 28.7. The van der Waals surface area contributed by atoms with Crippen molar-refractivity contribution in [2.24, 2.45) is 0 Å². The van der Waals surface area contributed by atoms with Crippen LogP contribution in [0, 0.1) is 6.92 Å². The van der Waals surface area contributed by atoms with Crippen molar-refractivity contribution < 1.29 is 14.3 Å². The van der Waals surface area contributed by atoms with E-state index in [2.05, 4.69) is 20.7 Å². The molecule has 41 heavy (non-hydrogen) atoms. The summed E-state index contributed by atoms with van der Waals surface area (Å²) >= 11 is 1.37. The maximum absolute atomic E-state index is 12.5. The van der Waals surface area contributed by atoms with Crippen LogP contribution in [-0.4, -0.2) is 36.6 Å². The third-order valence-electron chi connectivity index (χ3n) is 6.07. The van der Waals surface area contributed by atoms with E-state index < -0.39 is 0 Å². The molecule has 4 aromatic carbocycles. The van der Waals surface area contributed by atoms with Gasteiger partial charge in [-0.3, -0.25) is 4.79 Å². The number of anilines is 5. The molecular formula is C31H30N6O3S. The topological polar surface area (TPSA) is 109 Å². The van der Waals surface area contributed by atoms with Crippen molar-refractivity contribution in [3.8, 4) is 11.5 Å². The summed E-state index contributed by atoms with van der Waals surface area (Å²) in [5.41, 5.74) is 5.01. The maximum atomic E-state index is 12.5. The number of aryl methyl sites for hydroxylation is 1. The summed E-state index contributed by atoms with van der Waals surface area (Å²) in [7, 11) is 3.21. The Morgan fingerprint density at radius 2 is 1.44 bits per heavy atom. The quantitative estimate of drug-likeness (QED) is 0.127. The molecule has 1 amide bonds. The van der Waals surface area contributed by atoms with Crippen molar-refractivity contribution in [3.05, 3.63) is 96.6 Å². The summed E-state index contributed by atoms with van der Waals surface area (Å²) in [6.45, 7) is 2.19. The number of aromatic nitrogens is 2. The fourth-order valence-electron chi connectivity index (χ4n) is 3.98. The van der Waals surface area contributed by atoms with Crippen molar-refractivity contribution in [3.63, 3.8) is 0 Å². The number of nitrogens with one attached hydrogen (secondary N) is 4. The monoisotopic (exact) mass is 566 g/mol. The number of methoxy groups -OCH3 is 2. The van der Waals surface area contributed by atoms with Gasteiger partial charge in [-0.05, 0) is 61.3 Å². The molecule has 5 rings (SSSR count). The molecule has 4 N–H and O–H groups in total.